The van der Waals surface area contributed by atoms with Crippen LogP contribution in [0.25, 0.3) is 0 Å². The van der Waals surface area contributed by atoms with Gasteiger partial charge in [-0.05, 0) is 12.1 Å². The Morgan fingerprint density at radius 3 is 2.86 bits per heavy atom. The summed E-state index contributed by atoms with van der Waals surface area (Å²) in [6.45, 7) is 1.45. The molecule has 0 N–H and O–H groups in total. The van der Waals surface area contributed by atoms with Crippen LogP contribution in [0.2, 0.25) is 0 Å². The van der Waals surface area contributed by atoms with Gasteiger partial charge in [-0.25, -0.2) is 4.94 Å². The molecule has 2 aromatic rings. The molecule has 2 aromatic heterocycles. The minimum absolute atomic E-state index is 0.104. The number of carbonyl (C=O) groups excluding carboxylic acids is 1. The van der Waals surface area contributed by atoms with Crippen LogP contribution < -0.4 is 4.94 Å². The van der Waals surface area contributed by atoms with Crippen molar-refractivity contribution >= 4 is 5.78 Å². The number of hydrogen-bond donors (Lipinski definition) is 0. The van der Waals surface area contributed by atoms with Crippen LogP contribution >= 0.6 is 0 Å². The summed E-state index contributed by atoms with van der Waals surface area (Å²) >= 11 is 0. The maximum Gasteiger partial charge on any atom is 0.180 e. The van der Waals surface area contributed by atoms with E-state index in [2.05, 4.69) is 10.2 Å². The first-order valence-corrected chi connectivity index (χ1v) is 4.01. The topological polar surface area (TPSA) is 61.9 Å². The lowest BCUT2D eigenvalue weighted by atomic mass is 10.3. The van der Waals surface area contributed by atoms with Crippen molar-refractivity contribution in [2.45, 2.75) is 6.92 Å². The van der Waals surface area contributed by atoms with Crippen molar-refractivity contribution in [3.05, 3.63) is 36.4 Å². The van der Waals surface area contributed by atoms with E-state index in [1.54, 1.807) is 30.7 Å². The fourth-order valence-electron chi connectivity index (χ4n) is 0.929. The first kappa shape index (κ1) is 8.49. The Hall–Kier alpha value is -2.11. The molecule has 0 unspecified atom stereocenters. The van der Waals surface area contributed by atoms with Crippen LogP contribution in [-0.4, -0.2) is 25.7 Å². The number of nitrogens with zero attached hydrogens (tertiary/aromatic N) is 4. The van der Waals surface area contributed by atoms with Gasteiger partial charge in [0.2, 0.25) is 0 Å². The highest BCUT2D eigenvalue weighted by Gasteiger charge is 2.04. The molecule has 2 heterocycles. The lowest BCUT2D eigenvalue weighted by molar-refractivity contribution is -0.00955. The molecule has 0 saturated carbocycles. The number of carbonyl (C=O) groups is 1. The highest BCUT2D eigenvalue weighted by molar-refractivity contribution is 5.91. The highest BCUT2D eigenvalue weighted by atomic mass is 16.8. The van der Waals surface area contributed by atoms with E-state index in [9.17, 15) is 4.79 Å². The zero-order valence-corrected chi connectivity index (χ0v) is 7.49. The quantitative estimate of drug-likeness (QED) is 0.650. The van der Waals surface area contributed by atoms with Gasteiger partial charge < -0.3 is 0 Å². The Morgan fingerprint density at radius 2 is 2.29 bits per heavy atom. The number of ketones is 1. The molecule has 0 saturated heterocycles. The molecule has 0 aliphatic carbocycles. The van der Waals surface area contributed by atoms with Crippen LogP contribution in [0.5, 0.6) is 0 Å². The zero-order valence-electron chi connectivity index (χ0n) is 7.49. The lowest BCUT2D eigenvalue weighted by Gasteiger charge is -2.00. The molecule has 0 fully saturated rings. The van der Waals surface area contributed by atoms with E-state index in [-0.39, 0.29) is 5.78 Å². The summed E-state index contributed by atoms with van der Waals surface area (Å²) in [7, 11) is 0. The Bertz CT molecular complexity index is 432. The van der Waals surface area contributed by atoms with Crippen LogP contribution in [0.3, 0.4) is 0 Å². The molecular weight excluding hydrogens is 184 g/mol. The molecule has 6 nitrogen and oxygen atoms in total. The average molecular weight is 192 g/mol. The number of aromatic nitrogens is 4. The van der Waals surface area contributed by atoms with Gasteiger partial charge in [-0.15, -0.1) is 10.2 Å². The van der Waals surface area contributed by atoms with Crippen molar-refractivity contribution in [3.8, 4) is 0 Å². The van der Waals surface area contributed by atoms with Gasteiger partial charge in [0.05, 0.1) is 18.6 Å². The van der Waals surface area contributed by atoms with Gasteiger partial charge in [0.15, 0.2) is 5.78 Å². The Kier molecular flexibility index (Phi) is 2.02. The van der Waals surface area contributed by atoms with E-state index >= 15 is 0 Å². The van der Waals surface area contributed by atoms with Gasteiger partial charge in [0.25, 0.3) is 0 Å². The van der Waals surface area contributed by atoms with Gasteiger partial charge in [0, 0.05) is 6.92 Å². The molecule has 0 aliphatic rings. The molecule has 0 aromatic carbocycles. The van der Waals surface area contributed by atoms with Crippen molar-refractivity contribution in [1.82, 2.24) is 19.9 Å². The Balaban J connectivity index is 2.14. The first-order valence-electron chi connectivity index (χ1n) is 4.01. The van der Waals surface area contributed by atoms with Crippen molar-refractivity contribution in [2.75, 3.05) is 0 Å². The van der Waals surface area contributed by atoms with E-state index in [0.717, 1.165) is 0 Å². The molecule has 0 atom stereocenters. The van der Waals surface area contributed by atoms with Gasteiger partial charge in [-0.3, -0.25) is 4.79 Å². The number of hydrogen-bond acceptors (Lipinski definition) is 4. The van der Waals surface area contributed by atoms with E-state index in [1.165, 1.54) is 16.6 Å². The molecule has 0 radical (unpaired) electrons. The predicted molar refractivity (Wildman–Crippen MR) is 46.4 cm³/mol. The van der Waals surface area contributed by atoms with Crippen molar-refractivity contribution < 1.29 is 9.73 Å². The minimum atomic E-state index is -0.104. The van der Waals surface area contributed by atoms with Gasteiger partial charge >= 0.3 is 0 Å². The van der Waals surface area contributed by atoms with Crippen LogP contribution in [0.1, 0.15) is 17.4 Å². The smallest absolute Gasteiger partial charge is 0.180 e. The second kappa shape index (κ2) is 3.33. The van der Waals surface area contributed by atoms with E-state index in [0.29, 0.717) is 5.69 Å². The van der Waals surface area contributed by atoms with E-state index in [4.69, 9.17) is 4.94 Å². The highest BCUT2D eigenvalue weighted by Crippen LogP contribution is 1.95. The maximum atomic E-state index is 10.9. The zero-order chi connectivity index (χ0) is 9.97. The maximum absolute atomic E-state index is 10.9. The van der Waals surface area contributed by atoms with Crippen molar-refractivity contribution in [2.24, 2.45) is 0 Å². The molecule has 0 spiro atoms. The van der Waals surface area contributed by atoms with Crippen LogP contribution in [0.4, 0.5) is 0 Å². The minimum Gasteiger partial charge on any atom is -0.293 e. The summed E-state index contributed by atoms with van der Waals surface area (Å²) < 4.78 is 0. The van der Waals surface area contributed by atoms with Gasteiger partial charge in [0.1, 0.15) is 5.69 Å². The summed E-state index contributed by atoms with van der Waals surface area (Å²) in [4.78, 5) is 18.4. The Labute approximate surface area is 79.6 Å². The summed E-state index contributed by atoms with van der Waals surface area (Å²) in [6.07, 6.45) is 4.74. The first-order chi connectivity index (χ1) is 6.75. The summed E-state index contributed by atoms with van der Waals surface area (Å²) in [5.41, 5.74) is 0.358. The van der Waals surface area contributed by atoms with Crippen molar-refractivity contribution in [3.63, 3.8) is 0 Å². The standard InChI is InChI=1S/C8H8N4O2/c1-7(13)8-3-6-12(10-8)14-11-5-2-4-9-11/h2-6H,1H3. The fraction of sp³-hybridized carbons (Fsp3) is 0.125. The van der Waals surface area contributed by atoms with Crippen LogP contribution in [0, 0.1) is 0 Å². The summed E-state index contributed by atoms with van der Waals surface area (Å²) in [6, 6.07) is 3.29. The van der Waals surface area contributed by atoms with Crippen molar-refractivity contribution in [1.29, 1.82) is 0 Å². The van der Waals surface area contributed by atoms with Crippen LogP contribution in [0.15, 0.2) is 30.7 Å². The molecule has 72 valence electrons. The molecule has 0 bridgehead atoms. The third kappa shape index (κ3) is 1.63. The molecular formula is C8H8N4O2. The summed E-state index contributed by atoms with van der Waals surface area (Å²) in [5, 5.41) is 7.68. The monoisotopic (exact) mass is 192 g/mol. The molecule has 6 heteroatoms. The molecule has 0 amide bonds. The third-order valence-corrected chi connectivity index (χ3v) is 1.57. The predicted octanol–water partition coefficient (Wildman–Crippen LogP) is 0.174. The number of rotatable bonds is 3. The van der Waals surface area contributed by atoms with Gasteiger partial charge in [-0.1, -0.05) is 9.69 Å². The van der Waals surface area contributed by atoms with Gasteiger partial charge in [-0.2, -0.15) is 0 Å². The fourth-order valence-corrected chi connectivity index (χ4v) is 0.929. The summed E-state index contributed by atoms with van der Waals surface area (Å²) in [5.74, 6) is -0.104. The van der Waals surface area contributed by atoms with E-state index < -0.39 is 0 Å². The van der Waals surface area contributed by atoms with E-state index in [1.807, 2.05) is 0 Å². The second-order valence-electron chi connectivity index (χ2n) is 2.65. The average Bonchev–Trinajstić information content (AvgIpc) is 2.75. The number of Topliss-reactive ketones (excluding diaryl/α,β-unsaturated/α-hetero) is 1. The normalized spacial score (nSPS) is 10.1. The molecule has 14 heavy (non-hydrogen) atoms. The lowest BCUT2D eigenvalue weighted by Crippen LogP contribution is -2.19. The molecule has 2 rings (SSSR count). The third-order valence-electron chi connectivity index (χ3n) is 1.57. The Morgan fingerprint density at radius 1 is 1.43 bits per heavy atom. The van der Waals surface area contributed by atoms with Crippen LogP contribution in [-0.2, 0) is 0 Å². The SMILES string of the molecule is CC(=O)c1ccn(On2cccn2)n1. The second-order valence-corrected chi connectivity index (χ2v) is 2.65. The molecule has 0 aliphatic heterocycles. The largest absolute Gasteiger partial charge is 0.293 e.